The van der Waals surface area contributed by atoms with Crippen LogP contribution < -0.4 is 16.0 Å². The van der Waals surface area contributed by atoms with Crippen LogP contribution >= 0.6 is 0 Å². The average Bonchev–Trinajstić information content (AvgIpc) is 3.31. The Labute approximate surface area is 199 Å². The van der Waals surface area contributed by atoms with Crippen LogP contribution in [0.1, 0.15) is 21.6 Å². The van der Waals surface area contributed by atoms with Crippen molar-refractivity contribution in [2.24, 2.45) is 0 Å². The topological polar surface area (TPSA) is 105 Å². The molecule has 1 saturated heterocycles. The number of anilines is 2. The first-order chi connectivity index (χ1) is 16.6. The third-order valence-electron chi connectivity index (χ3n) is 5.87. The summed E-state index contributed by atoms with van der Waals surface area (Å²) in [5.41, 5.74) is 3.54. The molecule has 2 aromatic carbocycles. The number of urea groups is 1. The fraction of sp³-hybridized carbons (Fsp3) is 0.320. The quantitative estimate of drug-likeness (QED) is 0.413. The molecule has 0 unspecified atom stereocenters. The Bertz CT molecular complexity index is 1070. The number of nitrogens with one attached hydrogen (secondary N) is 4. The van der Waals surface area contributed by atoms with Crippen molar-refractivity contribution in [1.29, 1.82) is 0 Å². The van der Waals surface area contributed by atoms with Gasteiger partial charge in [-0.05, 0) is 36.7 Å². The fourth-order valence-electron chi connectivity index (χ4n) is 3.84. The van der Waals surface area contributed by atoms with Gasteiger partial charge in [0.05, 0.1) is 11.9 Å². The SMILES string of the molecule is CN1CCN(Cc2ccc(NC(=O)c3[nH]ncc3NC(=O)NCCc3ccccc3)cc2)CC1. The van der Waals surface area contributed by atoms with Crippen LogP contribution in [0.5, 0.6) is 0 Å². The molecule has 3 aromatic rings. The number of rotatable bonds is 8. The predicted octanol–water partition coefficient (Wildman–Crippen LogP) is 2.77. The van der Waals surface area contributed by atoms with Crippen LogP contribution in [0.15, 0.2) is 60.8 Å². The first-order valence-electron chi connectivity index (χ1n) is 11.5. The van der Waals surface area contributed by atoms with Gasteiger partial charge in [0, 0.05) is 45.0 Å². The van der Waals surface area contributed by atoms with Crippen molar-refractivity contribution >= 4 is 23.3 Å². The molecule has 3 amide bonds. The highest BCUT2D eigenvalue weighted by molar-refractivity contribution is 6.08. The van der Waals surface area contributed by atoms with Gasteiger partial charge >= 0.3 is 6.03 Å². The zero-order chi connectivity index (χ0) is 23.8. The molecule has 4 rings (SSSR count). The summed E-state index contributed by atoms with van der Waals surface area (Å²) in [7, 11) is 2.15. The van der Waals surface area contributed by atoms with E-state index in [2.05, 4.69) is 43.0 Å². The average molecular weight is 462 g/mol. The first kappa shape index (κ1) is 23.5. The molecule has 9 nitrogen and oxygen atoms in total. The van der Waals surface area contributed by atoms with E-state index in [1.807, 2.05) is 54.6 Å². The molecule has 4 N–H and O–H groups in total. The Morgan fingerprint density at radius 1 is 0.941 bits per heavy atom. The van der Waals surface area contributed by atoms with Gasteiger partial charge in [-0.1, -0.05) is 42.5 Å². The smallest absolute Gasteiger partial charge is 0.319 e. The lowest BCUT2D eigenvalue weighted by molar-refractivity contribution is 0.102. The summed E-state index contributed by atoms with van der Waals surface area (Å²) in [4.78, 5) is 29.8. The second-order valence-electron chi connectivity index (χ2n) is 8.51. The van der Waals surface area contributed by atoms with Crippen LogP contribution in [0, 0.1) is 0 Å². The second kappa shape index (κ2) is 11.4. The molecule has 0 aliphatic carbocycles. The van der Waals surface area contributed by atoms with E-state index in [1.54, 1.807) is 0 Å². The minimum Gasteiger partial charge on any atom is -0.338 e. The lowest BCUT2D eigenvalue weighted by Crippen LogP contribution is -2.43. The zero-order valence-electron chi connectivity index (χ0n) is 19.4. The van der Waals surface area contributed by atoms with Crippen molar-refractivity contribution in [2.75, 3.05) is 50.4 Å². The van der Waals surface area contributed by atoms with Crippen molar-refractivity contribution in [3.05, 3.63) is 77.6 Å². The van der Waals surface area contributed by atoms with E-state index in [9.17, 15) is 9.59 Å². The standard InChI is InChI=1S/C25H31N7O2/c1-31-13-15-32(16-14-31)18-20-7-9-21(10-8-20)28-24(33)23-22(17-27-30-23)29-25(34)26-12-11-19-5-3-2-4-6-19/h2-10,17H,11-16,18H2,1H3,(H,27,30)(H,28,33)(H2,26,29,34). The third-order valence-corrected chi connectivity index (χ3v) is 5.87. The molecule has 34 heavy (non-hydrogen) atoms. The number of carbonyl (C=O) groups excluding carboxylic acids is 2. The van der Waals surface area contributed by atoms with Crippen LogP contribution in [0.2, 0.25) is 0 Å². The summed E-state index contributed by atoms with van der Waals surface area (Å²) in [6.45, 7) is 5.67. The number of carbonyl (C=O) groups is 2. The molecular weight excluding hydrogens is 430 g/mol. The molecule has 1 fully saturated rings. The van der Waals surface area contributed by atoms with Gasteiger partial charge in [-0.2, -0.15) is 5.10 Å². The number of hydrogen-bond acceptors (Lipinski definition) is 5. The normalized spacial score (nSPS) is 14.5. The molecular formula is C25H31N7O2. The number of hydrogen-bond donors (Lipinski definition) is 4. The number of benzene rings is 2. The van der Waals surface area contributed by atoms with E-state index in [0.717, 1.165) is 44.7 Å². The minimum absolute atomic E-state index is 0.194. The summed E-state index contributed by atoms with van der Waals surface area (Å²) in [6.07, 6.45) is 2.14. The summed E-state index contributed by atoms with van der Waals surface area (Å²) in [5.74, 6) is -0.371. The van der Waals surface area contributed by atoms with Gasteiger partial charge in [0.25, 0.3) is 5.91 Å². The van der Waals surface area contributed by atoms with Crippen LogP contribution in [0.25, 0.3) is 0 Å². The molecule has 0 bridgehead atoms. The molecule has 1 aliphatic rings. The number of aromatic amines is 1. The number of amides is 3. The number of aromatic nitrogens is 2. The lowest BCUT2D eigenvalue weighted by Gasteiger charge is -2.32. The van der Waals surface area contributed by atoms with Gasteiger partial charge in [-0.15, -0.1) is 0 Å². The van der Waals surface area contributed by atoms with E-state index in [4.69, 9.17) is 0 Å². The van der Waals surface area contributed by atoms with Crippen LogP contribution in [-0.4, -0.2) is 71.7 Å². The van der Waals surface area contributed by atoms with Gasteiger partial charge in [0.15, 0.2) is 0 Å². The van der Waals surface area contributed by atoms with E-state index < -0.39 is 0 Å². The van der Waals surface area contributed by atoms with Crippen molar-refractivity contribution in [3.8, 4) is 0 Å². The van der Waals surface area contributed by atoms with Crippen LogP contribution in [0.3, 0.4) is 0 Å². The molecule has 2 heterocycles. The van der Waals surface area contributed by atoms with Gasteiger partial charge in [-0.3, -0.25) is 14.8 Å². The van der Waals surface area contributed by atoms with Crippen molar-refractivity contribution in [3.63, 3.8) is 0 Å². The van der Waals surface area contributed by atoms with E-state index in [0.29, 0.717) is 17.9 Å². The van der Waals surface area contributed by atoms with Crippen molar-refractivity contribution in [2.45, 2.75) is 13.0 Å². The van der Waals surface area contributed by atoms with E-state index in [-0.39, 0.29) is 17.6 Å². The Hall–Kier alpha value is -3.69. The molecule has 9 heteroatoms. The number of nitrogens with zero attached hydrogens (tertiary/aromatic N) is 3. The van der Waals surface area contributed by atoms with Crippen LogP contribution in [-0.2, 0) is 13.0 Å². The van der Waals surface area contributed by atoms with Crippen LogP contribution in [0.4, 0.5) is 16.2 Å². The van der Waals surface area contributed by atoms with E-state index >= 15 is 0 Å². The fourth-order valence-corrected chi connectivity index (χ4v) is 3.84. The Balaban J connectivity index is 1.26. The van der Waals surface area contributed by atoms with Gasteiger partial charge in [-0.25, -0.2) is 4.79 Å². The van der Waals surface area contributed by atoms with Gasteiger partial charge in [0.2, 0.25) is 0 Å². The first-order valence-corrected chi connectivity index (χ1v) is 11.5. The molecule has 0 atom stereocenters. The maximum atomic E-state index is 12.7. The Morgan fingerprint density at radius 2 is 1.68 bits per heavy atom. The summed E-state index contributed by atoms with van der Waals surface area (Å²) in [6, 6.07) is 17.4. The maximum absolute atomic E-state index is 12.7. The molecule has 1 aliphatic heterocycles. The number of H-pyrrole nitrogens is 1. The monoisotopic (exact) mass is 461 g/mol. The lowest BCUT2D eigenvalue weighted by atomic mass is 10.1. The van der Waals surface area contributed by atoms with Crippen molar-refractivity contribution in [1.82, 2.24) is 25.3 Å². The predicted molar refractivity (Wildman–Crippen MR) is 133 cm³/mol. The minimum atomic E-state index is -0.389. The largest absolute Gasteiger partial charge is 0.338 e. The molecule has 1 aromatic heterocycles. The maximum Gasteiger partial charge on any atom is 0.319 e. The summed E-state index contributed by atoms with van der Waals surface area (Å²) < 4.78 is 0. The number of piperazine rings is 1. The molecule has 0 saturated carbocycles. The summed E-state index contributed by atoms with van der Waals surface area (Å²) in [5, 5.41) is 14.9. The zero-order valence-corrected chi connectivity index (χ0v) is 19.4. The van der Waals surface area contributed by atoms with E-state index in [1.165, 1.54) is 11.8 Å². The highest BCUT2D eigenvalue weighted by Crippen LogP contribution is 2.16. The molecule has 0 radical (unpaired) electrons. The Kier molecular flexibility index (Phi) is 7.90. The Morgan fingerprint density at radius 3 is 2.41 bits per heavy atom. The molecule has 178 valence electrons. The highest BCUT2D eigenvalue weighted by atomic mass is 16.2. The second-order valence-corrected chi connectivity index (χ2v) is 8.51. The molecule has 0 spiro atoms. The van der Waals surface area contributed by atoms with Gasteiger partial charge < -0.3 is 20.9 Å². The third kappa shape index (κ3) is 6.66. The number of likely N-dealkylation sites (N-methyl/N-ethyl adjacent to an activating group) is 1. The van der Waals surface area contributed by atoms with Gasteiger partial charge in [0.1, 0.15) is 5.69 Å². The summed E-state index contributed by atoms with van der Waals surface area (Å²) >= 11 is 0. The highest BCUT2D eigenvalue weighted by Gasteiger charge is 2.17. The van der Waals surface area contributed by atoms with Crippen molar-refractivity contribution < 1.29 is 9.59 Å².